The van der Waals surface area contributed by atoms with Gasteiger partial charge in [0.2, 0.25) is 0 Å². The molecule has 4 heteroatoms. The molecule has 0 radical (unpaired) electrons. The highest BCUT2D eigenvalue weighted by Gasteiger charge is 2.48. The molecule has 0 aromatic heterocycles. The lowest BCUT2D eigenvalue weighted by Gasteiger charge is -2.20. The molecular formula is C8H13NO3. The van der Waals surface area contributed by atoms with Gasteiger partial charge in [-0.1, -0.05) is 0 Å². The van der Waals surface area contributed by atoms with Gasteiger partial charge in [-0.15, -0.1) is 0 Å². The van der Waals surface area contributed by atoms with Gasteiger partial charge in [-0.05, 0) is 19.3 Å². The highest BCUT2D eigenvalue weighted by molar-refractivity contribution is 5.67. The molecular weight excluding hydrogens is 158 g/mol. The summed E-state index contributed by atoms with van der Waals surface area (Å²) in [6.07, 6.45) is 2.21. The Balaban J connectivity index is 2.14. The molecule has 68 valence electrons. The van der Waals surface area contributed by atoms with Gasteiger partial charge in [0, 0.05) is 13.2 Å². The number of amides is 1. The summed E-state index contributed by atoms with van der Waals surface area (Å²) in [6.45, 7) is 0. The topological polar surface area (TPSA) is 49.8 Å². The second-order valence-corrected chi connectivity index (χ2v) is 3.50. The van der Waals surface area contributed by atoms with Gasteiger partial charge >= 0.3 is 6.09 Å². The summed E-state index contributed by atoms with van der Waals surface area (Å²) in [7, 11) is 1.66. The van der Waals surface area contributed by atoms with Crippen LogP contribution in [0.2, 0.25) is 0 Å². The number of ether oxygens (including phenoxy) is 1. The fraction of sp³-hybridized carbons (Fsp3) is 0.875. The van der Waals surface area contributed by atoms with Crippen LogP contribution in [0.25, 0.3) is 0 Å². The van der Waals surface area contributed by atoms with E-state index in [2.05, 4.69) is 0 Å². The van der Waals surface area contributed by atoms with Gasteiger partial charge in [0.25, 0.3) is 0 Å². The molecule has 2 heterocycles. The van der Waals surface area contributed by atoms with E-state index < -0.39 is 6.09 Å². The minimum absolute atomic E-state index is 0.123. The average Bonchev–Trinajstić information content (AvgIpc) is 2.59. The van der Waals surface area contributed by atoms with Crippen molar-refractivity contribution in [1.29, 1.82) is 0 Å². The predicted octanol–water partition coefficient (Wildman–Crippen LogP) is 0.916. The van der Waals surface area contributed by atoms with Crippen LogP contribution in [-0.4, -0.2) is 41.4 Å². The summed E-state index contributed by atoms with van der Waals surface area (Å²) in [5, 5.41) is 8.88. The summed E-state index contributed by atoms with van der Waals surface area (Å²) < 4.78 is 5.22. The molecule has 0 aliphatic carbocycles. The molecule has 0 aromatic carbocycles. The van der Waals surface area contributed by atoms with Crippen molar-refractivity contribution in [2.75, 3.05) is 7.11 Å². The van der Waals surface area contributed by atoms with Crippen LogP contribution >= 0.6 is 0 Å². The lowest BCUT2D eigenvalue weighted by molar-refractivity contribution is 0.0654. The first-order valence-corrected chi connectivity index (χ1v) is 4.28. The predicted molar refractivity (Wildman–Crippen MR) is 42.1 cm³/mol. The Morgan fingerprint density at radius 1 is 1.58 bits per heavy atom. The molecule has 0 unspecified atom stereocenters. The molecule has 2 bridgehead atoms. The standard InChI is InChI=1S/C8H13NO3/c1-12-7-4-5-2-3-6(7)9(5)8(10)11/h5-7H,2-4H2,1H3,(H,10,11)/t5-,6+,7-/m0/s1. The van der Waals surface area contributed by atoms with E-state index in [9.17, 15) is 4.79 Å². The third-order valence-corrected chi connectivity index (χ3v) is 3.00. The Kier molecular flexibility index (Phi) is 1.72. The van der Waals surface area contributed by atoms with Crippen molar-refractivity contribution in [2.24, 2.45) is 0 Å². The van der Waals surface area contributed by atoms with Crippen LogP contribution in [0.4, 0.5) is 4.79 Å². The number of carbonyl (C=O) groups is 1. The van der Waals surface area contributed by atoms with Gasteiger partial charge < -0.3 is 9.84 Å². The van der Waals surface area contributed by atoms with Crippen molar-refractivity contribution in [3.63, 3.8) is 0 Å². The van der Waals surface area contributed by atoms with E-state index in [4.69, 9.17) is 9.84 Å². The first kappa shape index (κ1) is 7.86. The molecule has 2 fully saturated rings. The number of rotatable bonds is 1. The molecule has 0 aromatic rings. The van der Waals surface area contributed by atoms with Crippen molar-refractivity contribution in [2.45, 2.75) is 37.5 Å². The molecule has 0 saturated carbocycles. The Hall–Kier alpha value is -0.770. The molecule has 2 saturated heterocycles. The number of nitrogens with zero attached hydrogens (tertiary/aromatic N) is 1. The van der Waals surface area contributed by atoms with Crippen LogP contribution in [0, 0.1) is 0 Å². The van der Waals surface area contributed by atoms with Crippen LogP contribution in [-0.2, 0) is 4.74 Å². The minimum atomic E-state index is -0.790. The zero-order valence-corrected chi connectivity index (χ0v) is 7.06. The van der Waals surface area contributed by atoms with Crippen molar-refractivity contribution >= 4 is 6.09 Å². The number of fused-ring (bicyclic) bond motifs is 2. The quantitative estimate of drug-likeness (QED) is 0.638. The third-order valence-electron chi connectivity index (χ3n) is 3.00. The van der Waals surface area contributed by atoms with Crippen molar-refractivity contribution in [3.05, 3.63) is 0 Å². The van der Waals surface area contributed by atoms with Crippen molar-refractivity contribution in [1.82, 2.24) is 4.90 Å². The molecule has 2 aliphatic rings. The van der Waals surface area contributed by atoms with Gasteiger partial charge in [-0.3, -0.25) is 4.90 Å². The molecule has 3 atom stereocenters. The lowest BCUT2D eigenvalue weighted by atomic mass is 9.98. The Morgan fingerprint density at radius 3 is 2.75 bits per heavy atom. The van der Waals surface area contributed by atoms with E-state index in [1.54, 1.807) is 12.0 Å². The van der Waals surface area contributed by atoms with Crippen LogP contribution < -0.4 is 0 Å². The van der Waals surface area contributed by atoms with E-state index in [0.29, 0.717) is 0 Å². The molecule has 4 nitrogen and oxygen atoms in total. The largest absolute Gasteiger partial charge is 0.465 e. The summed E-state index contributed by atoms with van der Waals surface area (Å²) in [6, 6.07) is 0.343. The van der Waals surface area contributed by atoms with Gasteiger partial charge in [-0.2, -0.15) is 0 Å². The summed E-state index contributed by atoms with van der Waals surface area (Å²) in [5.74, 6) is 0. The Morgan fingerprint density at radius 2 is 2.33 bits per heavy atom. The highest BCUT2D eigenvalue weighted by Crippen LogP contribution is 2.38. The molecule has 1 N–H and O–H groups in total. The van der Waals surface area contributed by atoms with Gasteiger partial charge in [0.1, 0.15) is 0 Å². The van der Waals surface area contributed by atoms with Gasteiger partial charge in [0.05, 0.1) is 12.1 Å². The fourth-order valence-electron chi connectivity index (χ4n) is 2.49. The maximum Gasteiger partial charge on any atom is 0.407 e. The van der Waals surface area contributed by atoms with Crippen molar-refractivity contribution in [3.8, 4) is 0 Å². The van der Waals surface area contributed by atoms with E-state index >= 15 is 0 Å². The second-order valence-electron chi connectivity index (χ2n) is 3.50. The van der Waals surface area contributed by atoms with Crippen LogP contribution in [0.3, 0.4) is 0 Å². The fourth-order valence-corrected chi connectivity index (χ4v) is 2.49. The van der Waals surface area contributed by atoms with E-state index in [1.807, 2.05) is 0 Å². The Labute approximate surface area is 71.1 Å². The molecule has 1 amide bonds. The number of hydrogen-bond acceptors (Lipinski definition) is 2. The number of methoxy groups -OCH3 is 1. The SMILES string of the molecule is CO[C@H]1C[C@@H]2CC[C@H]1N2C(=O)O. The summed E-state index contributed by atoms with van der Waals surface area (Å²) in [5.41, 5.74) is 0. The van der Waals surface area contributed by atoms with Crippen LogP contribution in [0.1, 0.15) is 19.3 Å². The first-order chi connectivity index (χ1) is 5.74. The third kappa shape index (κ3) is 0.909. The zero-order valence-electron chi connectivity index (χ0n) is 7.06. The molecule has 0 spiro atoms. The zero-order chi connectivity index (χ0) is 8.72. The highest BCUT2D eigenvalue weighted by atomic mass is 16.5. The average molecular weight is 171 g/mol. The number of hydrogen-bond donors (Lipinski definition) is 1. The van der Waals surface area contributed by atoms with E-state index in [1.165, 1.54) is 0 Å². The summed E-state index contributed by atoms with van der Waals surface area (Å²) >= 11 is 0. The van der Waals surface area contributed by atoms with Crippen molar-refractivity contribution < 1.29 is 14.6 Å². The monoisotopic (exact) mass is 171 g/mol. The van der Waals surface area contributed by atoms with Crippen LogP contribution in [0.5, 0.6) is 0 Å². The van der Waals surface area contributed by atoms with Gasteiger partial charge in [0.15, 0.2) is 0 Å². The smallest absolute Gasteiger partial charge is 0.407 e. The molecule has 2 aliphatic heterocycles. The minimum Gasteiger partial charge on any atom is -0.465 e. The number of carboxylic acid groups (broad SMARTS) is 1. The normalized spacial score (nSPS) is 39.1. The summed E-state index contributed by atoms with van der Waals surface area (Å²) in [4.78, 5) is 12.4. The molecule has 2 rings (SSSR count). The van der Waals surface area contributed by atoms with Crippen LogP contribution in [0.15, 0.2) is 0 Å². The maximum atomic E-state index is 10.8. The maximum absolute atomic E-state index is 10.8. The second kappa shape index (κ2) is 2.62. The molecule has 12 heavy (non-hydrogen) atoms. The van der Waals surface area contributed by atoms with E-state index in [-0.39, 0.29) is 18.2 Å². The Bertz CT molecular complexity index is 206. The van der Waals surface area contributed by atoms with E-state index in [0.717, 1.165) is 19.3 Å². The van der Waals surface area contributed by atoms with Gasteiger partial charge in [-0.25, -0.2) is 4.79 Å². The first-order valence-electron chi connectivity index (χ1n) is 4.28. The lowest BCUT2D eigenvalue weighted by Crippen LogP contribution is -2.36.